The molecule has 0 aromatic heterocycles. The van der Waals surface area contributed by atoms with Gasteiger partial charge in [-0.05, 0) is 48.8 Å². The van der Waals surface area contributed by atoms with Crippen molar-refractivity contribution >= 4 is 29.6 Å². The van der Waals surface area contributed by atoms with Crippen LogP contribution in [0, 0.1) is 11.8 Å². The van der Waals surface area contributed by atoms with Gasteiger partial charge in [0.15, 0.2) is 0 Å². The molecule has 9 N–H and O–H groups in total. The number of primary amides is 1. The third-order valence-corrected chi connectivity index (χ3v) is 5.71. The maximum absolute atomic E-state index is 13.3. The minimum absolute atomic E-state index is 0.00629. The van der Waals surface area contributed by atoms with Gasteiger partial charge in [-0.2, -0.15) is 0 Å². The van der Waals surface area contributed by atoms with Crippen molar-refractivity contribution in [2.24, 2.45) is 23.3 Å². The lowest BCUT2D eigenvalue weighted by Gasteiger charge is -2.26. The van der Waals surface area contributed by atoms with Crippen molar-refractivity contribution in [1.82, 2.24) is 16.0 Å². The van der Waals surface area contributed by atoms with E-state index in [1.165, 1.54) is 12.1 Å². The molecule has 0 aliphatic carbocycles. The molecule has 1 aromatic carbocycles. The van der Waals surface area contributed by atoms with Crippen LogP contribution in [0.15, 0.2) is 24.3 Å². The van der Waals surface area contributed by atoms with Crippen molar-refractivity contribution in [3.63, 3.8) is 0 Å². The summed E-state index contributed by atoms with van der Waals surface area (Å²) in [7, 11) is 0. The number of aliphatic carboxylic acids is 1. The number of phenols is 1. The number of benzene rings is 1. The Morgan fingerprint density at radius 3 is 1.76 bits per heavy atom. The fourth-order valence-corrected chi connectivity index (χ4v) is 3.73. The summed E-state index contributed by atoms with van der Waals surface area (Å²) in [6, 6.07) is 1.59. The molecule has 0 spiro atoms. The third kappa shape index (κ3) is 12.0. The van der Waals surface area contributed by atoms with Gasteiger partial charge in [0.25, 0.3) is 0 Å². The Bertz CT molecular complexity index is 965. The van der Waals surface area contributed by atoms with E-state index in [4.69, 9.17) is 11.5 Å². The van der Waals surface area contributed by atoms with Gasteiger partial charge < -0.3 is 37.6 Å². The van der Waals surface area contributed by atoms with Crippen molar-refractivity contribution in [3.05, 3.63) is 29.8 Å². The number of carbonyl (C=O) groups excluding carboxylic acids is 4. The van der Waals surface area contributed by atoms with E-state index in [1.54, 1.807) is 12.1 Å². The van der Waals surface area contributed by atoms with Gasteiger partial charge in [0.2, 0.25) is 23.6 Å². The van der Waals surface area contributed by atoms with Crippen molar-refractivity contribution in [2.45, 2.75) is 84.0 Å². The molecule has 0 heterocycles. The molecule has 12 nitrogen and oxygen atoms in total. The van der Waals surface area contributed by atoms with Gasteiger partial charge >= 0.3 is 5.97 Å². The summed E-state index contributed by atoms with van der Waals surface area (Å²) in [5.74, 6) is -3.80. The summed E-state index contributed by atoms with van der Waals surface area (Å²) in [5, 5.41) is 26.9. The summed E-state index contributed by atoms with van der Waals surface area (Å²) in [6.45, 7) is 7.35. The molecular weight excluding hydrogens is 494 g/mol. The SMILES string of the molecule is CC(C)CC(NC(=O)C(Cc1ccc(O)cc1)NC(=O)C(CC(C)C)NC(=O)C(N)CCC(N)=O)C(=O)O. The molecule has 4 atom stereocenters. The number of aromatic hydroxyl groups is 1. The molecule has 0 radical (unpaired) electrons. The summed E-state index contributed by atoms with van der Waals surface area (Å²) in [5.41, 5.74) is 11.6. The van der Waals surface area contributed by atoms with Crippen LogP contribution < -0.4 is 27.4 Å². The van der Waals surface area contributed by atoms with E-state index in [1.807, 2.05) is 27.7 Å². The molecular formula is C26H41N5O7. The van der Waals surface area contributed by atoms with Gasteiger partial charge in [-0.25, -0.2) is 4.79 Å². The molecule has 4 unspecified atom stereocenters. The van der Waals surface area contributed by atoms with Crippen LogP contribution in [0.25, 0.3) is 0 Å². The number of nitrogens with two attached hydrogens (primary N) is 2. The highest BCUT2D eigenvalue weighted by Gasteiger charge is 2.31. The van der Waals surface area contributed by atoms with Crippen molar-refractivity contribution < 1.29 is 34.2 Å². The minimum atomic E-state index is -1.20. The highest BCUT2D eigenvalue weighted by atomic mass is 16.4. The number of hydrogen-bond acceptors (Lipinski definition) is 7. The second-order valence-corrected chi connectivity index (χ2v) is 10.3. The first kappa shape index (κ1) is 32.4. The first-order valence-electron chi connectivity index (χ1n) is 12.6. The average Bonchev–Trinajstić information content (AvgIpc) is 2.81. The monoisotopic (exact) mass is 535 g/mol. The lowest BCUT2D eigenvalue weighted by Crippen LogP contribution is -2.58. The van der Waals surface area contributed by atoms with E-state index in [9.17, 15) is 34.2 Å². The predicted octanol–water partition coefficient (Wildman–Crippen LogP) is 0.159. The molecule has 0 bridgehead atoms. The molecule has 1 rings (SSSR count). The molecule has 212 valence electrons. The first-order valence-corrected chi connectivity index (χ1v) is 12.6. The van der Waals surface area contributed by atoms with Crippen LogP contribution in [0.4, 0.5) is 0 Å². The Hall–Kier alpha value is -3.67. The van der Waals surface area contributed by atoms with E-state index in [0.29, 0.717) is 5.56 Å². The van der Waals surface area contributed by atoms with Crippen LogP contribution in [0.5, 0.6) is 5.75 Å². The Kier molecular flexibility index (Phi) is 13.2. The quantitative estimate of drug-likeness (QED) is 0.154. The molecule has 0 aliphatic heterocycles. The molecule has 4 amide bonds. The van der Waals surface area contributed by atoms with Crippen LogP contribution in [-0.4, -0.2) is 64.0 Å². The van der Waals surface area contributed by atoms with Crippen LogP contribution in [0.2, 0.25) is 0 Å². The number of carboxylic acid groups (broad SMARTS) is 1. The smallest absolute Gasteiger partial charge is 0.326 e. The normalized spacial score (nSPS) is 14.3. The third-order valence-electron chi connectivity index (χ3n) is 5.71. The number of carboxylic acids is 1. The Morgan fingerprint density at radius 2 is 1.26 bits per heavy atom. The van der Waals surface area contributed by atoms with E-state index < -0.39 is 53.8 Å². The van der Waals surface area contributed by atoms with E-state index in [-0.39, 0.29) is 49.7 Å². The highest BCUT2D eigenvalue weighted by Crippen LogP contribution is 2.13. The predicted molar refractivity (Wildman–Crippen MR) is 141 cm³/mol. The topological polar surface area (TPSA) is 214 Å². The molecule has 12 heteroatoms. The largest absolute Gasteiger partial charge is 0.508 e. The highest BCUT2D eigenvalue weighted by molar-refractivity contribution is 5.94. The Balaban J connectivity index is 3.14. The van der Waals surface area contributed by atoms with Gasteiger partial charge in [0.05, 0.1) is 6.04 Å². The molecule has 0 fully saturated rings. The van der Waals surface area contributed by atoms with Crippen molar-refractivity contribution in [1.29, 1.82) is 0 Å². The number of rotatable bonds is 16. The van der Waals surface area contributed by atoms with E-state index >= 15 is 0 Å². The molecule has 38 heavy (non-hydrogen) atoms. The second kappa shape index (κ2) is 15.6. The number of phenolic OH excluding ortho intramolecular Hbond substituents is 1. The summed E-state index contributed by atoms with van der Waals surface area (Å²) < 4.78 is 0. The maximum Gasteiger partial charge on any atom is 0.326 e. The number of nitrogens with one attached hydrogen (secondary N) is 3. The molecule has 0 saturated heterocycles. The lowest BCUT2D eigenvalue weighted by atomic mass is 9.99. The zero-order chi connectivity index (χ0) is 29.0. The van der Waals surface area contributed by atoms with Gasteiger partial charge in [-0.3, -0.25) is 19.2 Å². The Morgan fingerprint density at radius 1 is 0.789 bits per heavy atom. The zero-order valence-electron chi connectivity index (χ0n) is 22.4. The number of amides is 4. The fraction of sp³-hybridized carbons (Fsp3) is 0.577. The lowest BCUT2D eigenvalue weighted by molar-refractivity contribution is -0.142. The van der Waals surface area contributed by atoms with Crippen LogP contribution >= 0.6 is 0 Å². The summed E-state index contributed by atoms with van der Waals surface area (Å²) in [6.07, 6.45) is 0.350. The van der Waals surface area contributed by atoms with Crippen LogP contribution in [-0.2, 0) is 30.4 Å². The number of carbonyl (C=O) groups is 5. The molecule has 1 aromatic rings. The van der Waals surface area contributed by atoms with Gasteiger partial charge in [-0.1, -0.05) is 39.8 Å². The molecule has 0 saturated carbocycles. The number of hydrogen-bond donors (Lipinski definition) is 7. The van der Waals surface area contributed by atoms with Crippen molar-refractivity contribution in [3.8, 4) is 5.75 Å². The van der Waals surface area contributed by atoms with Crippen LogP contribution in [0.1, 0.15) is 58.9 Å². The summed E-state index contributed by atoms with van der Waals surface area (Å²) in [4.78, 5) is 61.8. The van der Waals surface area contributed by atoms with Gasteiger partial charge in [0, 0.05) is 12.8 Å². The average molecular weight is 536 g/mol. The van der Waals surface area contributed by atoms with Crippen molar-refractivity contribution in [2.75, 3.05) is 0 Å². The Labute approximate surface area is 222 Å². The fourth-order valence-electron chi connectivity index (χ4n) is 3.73. The van der Waals surface area contributed by atoms with Gasteiger partial charge in [-0.15, -0.1) is 0 Å². The zero-order valence-corrected chi connectivity index (χ0v) is 22.4. The standard InChI is InChI=1S/C26H41N5O7/c1-14(2)11-19(29-23(34)18(27)9-10-22(28)33)24(35)30-20(13-16-5-7-17(32)8-6-16)25(36)31-21(26(37)38)12-15(3)4/h5-8,14-15,18-21,32H,9-13,27H2,1-4H3,(H2,28,33)(H,29,34)(H,30,35)(H,31,36)(H,37,38). The second-order valence-electron chi connectivity index (χ2n) is 10.3. The van der Waals surface area contributed by atoms with E-state index in [0.717, 1.165) is 0 Å². The van der Waals surface area contributed by atoms with E-state index in [2.05, 4.69) is 16.0 Å². The molecule has 0 aliphatic rings. The van der Waals surface area contributed by atoms with Crippen LogP contribution in [0.3, 0.4) is 0 Å². The van der Waals surface area contributed by atoms with Gasteiger partial charge in [0.1, 0.15) is 23.9 Å². The first-order chi connectivity index (χ1) is 17.7. The minimum Gasteiger partial charge on any atom is -0.508 e. The summed E-state index contributed by atoms with van der Waals surface area (Å²) >= 11 is 0. The maximum atomic E-state index is 13.3.